The van der Waals surface area contributed by atoms with Gasteiger partial charge in [0.2, 0.25) is 0 Å². The Balaban J connectivity index is 1.63. The molecule has 9 heteroatoms. The number of rotatable bonds is 4. The summed E-state index contributed by atoms with van der Waals surface area (Å²) in [5.41, 5.74) is 1.02. The van der Waals surface area contributed by atoms with E-state index in [1.165, 1.54) is 4.90 Å². The van der Waals surface area contributed by atoms with Crippen molar-refractivity contribution in [3.05, 3.63) is 28.8 Å². The zero-order valence-electron chi connectivity index (χ0n) is 18.4. The maximum Gasteiger partial charge on any atom is 0.425 e. The summed E-state index contributed by atoms with van der Waals surface area (Å²) in [5, 5.41) is 0.622. The number of carbonyl (C=O) groups is 1. The maximum atomic E-state index is 12.7. The second-order valence-corrected chi connectivity index (χ2v) is 9.79. The number of ether oxygens (including phenoxy) is 2. The maximum absolute atomic E-state index is 12.7. The van der Waals surface area contributed by atoms with Crippen molar-refractivity contribution >= 4 is 17.7 Å². The lowest BCUT2D eigenvalue weighted by Crippen LogP contribution is -2.46. The highest BCUT2D eigenvalue weighted by Crippen LogP contribution is 2.49. The van der Waals surface area contributed by atoms with Crippen LogP contribution in [-0.2, 0) is 11.3 Å². The smallest absolute Gasteiger partial charge is 0.425 e. The van der Waals surface area contributed by atoms with Gasteiger partial charge in [-0.15, -0.1) is 0 Å². The van der Waals surface area contributed by atoms with Gasteiger partial charge in [-0.3, -0.25) is 4.90 Å². The zero-order chi connectivity index (χ0) is 23.0. The van der Waals surface area contributed by atoms with E-state index in [2.05, 4.69) is 23.5 Å². The van der Waals surface area contributed by atoms with Crippen LogP contribution in [-0.4, -0.2) is 60.5 Å². The number of alkyl halides is 3. The molecule has 31 heavy (non-hydrogen) atoms. The van der Waals surface area contributed by atoms with Gasteiger partial charge in [-0.1, -0.05) is 17.7 Å². The van der Waals surface area contributed by atoms with E-state index in [-0.39, 0.29) is 11.0 Å². The molecule has 3 rings (SSSR count). The van der Waals surface area contributed by atoms with Crippen LogP contribution >= 0.6 is 11.6 Å². The van der Waals surface area contributed by atoms with E-state index in [1.807, 2.05) is 18.2 Å². The first-order valence-corrected chi connectivity index (χ1v) is 10.8. The molecule has 1 spiro atoms. The fourth-order valence-electron chi connectivity index (χ4n) is 4.82. The fraction of sp³-hybridized carbons (Fsp3) is 0.682. The highest BCUT2D eigenvalue weighted by molar-refractivity contribution is 6.30. The summed E-state index contributed by atoms with van der Waals surface area (Å²) in [6, 6.07) is 5.63. The highest BCUT2D eigenvalue weighted by Gasteiger charge is 2.50. The number of nitrogens with zero attached hydrogens (tertiary/aromatic N) is 2. The van der Waals surface area contributed by atoms with E-state index >= 15 is 0 Å². The van der Waals surface area contributed by atoms with Crippen molar-refractivity contribution < 1.29 is 27.4 Å². The Morgan fingerprint density at radius 2 is 1.90 bits per heavy atom. The lowest BCUT2D eigenvalue weighted by molar-refractivity contribution is -0.200. The third kappa shape index (κ3) is 5.40. The van der Waals surface area contributed by atoms with Crippen molar-refractivity contribution in [1.29, 1.82) is 0 Å². The van der Waals surface area contributed by atoms with Crippen LogP contribution in [0.15, 0.2) is 18.2 Å². The van der Waals surface area contributed by atoms with Gasteiger partial charge >= 0.3 is 12.3 Å². The summed E-state index contributed by atoms with van der Waals surface area (Å²) in [7, 11) is 1.63. The highest BCUT2D eigenvalue weighted by atomic mass is 35.5. The molecule has 0 radical (unpaired) electrons. The molecule has 1 unspecified atom stereocenters. The van der Waals surface area contributed by atoms with Gasteiger partial charge in [0.15, 0.2) is 6.10 Å². The molecule has 0 aliphatic carbocycles. The molecule has 1 atom stereocenters. The van der Waals surface area contributed by atoms with E-state index in [4.69, 9.17) is 16.3 Å². The van der Waals surface area contributed by atoms with Crippen LogP contribution in [0.4, 0.5) is 18.0 Å². The monoisotopic (exact) mass is 462 g/mol. The predicted octanol–water partition coefficient (Wildman–Crippen LogP) is 5.50. The average Bonchev–Trinajstić information content (AvgIpc) is 2.92. The summed E-state index contributed by atoms with van der Waals surface area (Å²) in [6.07, 6.45) is -5.12. The molecule has 2 aliphatic rings. The van der Waals surface area contributed by atoms with E-state index in [0.29, 0.717) is 24.7 Å². The van der Waals surface area contributed by atoms with Gasteiger partial charge in [0, 0.05) is 42.3 Å². The number of halogens is 4. The van der Waals surface area contributed by atoms with Gasteiger partial charge in [0.25, 0.3) is 0 Å². The Hall–Kier alpha value is -1.67. The van der Waals surface area contributed by atoms with E-state index in [1.54, 1.807) is 7.11 Å². The van der Waals surface area contributed by atoms with Crippen LogP contribution in [0.25, 0.3) is 0 Å². The van der Waals surface area contributed by atoms with Crippen molar-refractivity contribution in [3.8, 4) is 5.75 Å². The summed E-state index contributed by atoms with van der Waals surface area (Å²) in [5.74, 6) is 0.751. The molecule has 0 N–H and O–H groups in total. The fourth-order valence-corrected chi connectivity index (χ4v) is 4.98. The minimum Gasteiger partial charge on any atom is -0.496 e. The Morgan fingerprint density at radius 3 is 2.48 bits per heavy atom. The van der Waals surface area contributed by atoms with Gasteiger partial charge in [-0.25, -0.2) is 4.79 Å². The third-order valence-corrected chi connectivity index (χ3v) is 6.86. The number of amides is 1. The van der Waals surface area contributed by atoms with Crippen molar-refractivity contribution in [2.75, 3.05) is 26.7 Å². The number of methoxy groups -OCH3 is 1. The third-order valence-electron chi connectivity index (χ3n) is 6.62. The van der Waals surface area contributed by atoms with Gasteiger partial charge in [0.05, 0.1) is 7.11 Å². The molecule has 2 aliphatic heterocycles. The minimum atomic E-state index is -4.55. The quantitative estimate of drug-likeness (QED) is 0.592. The first-order chi connectivity index (χ1) is 14.3. The number of likely N-dealkylation sites (tertiary alicyclic amines) is 2. The summed E-state index contributed by atoms with van der Waals surface area (Å²) < 4.78 is 48.1. The molecular weight excluding hydrogens is 433 g/mol. The standard InChI is InChI=1S/C22H30ClF3N2O3/c1-15(22(24,25)26)31-19(29)27-9-7-21(8-10-27)13-20(2,3)28(14-21)12-16-5-6-17(23)11-18(16)30-4/h5-6,11,15H,7-10,12-14H2,1-4H3. The molecule has 2 heterocycles. The summed E-state index contributed by atoms with van der Waals surface area (Å²) in [4.78, 5) is 16.0. The number of benzene rings is 1. The topological polar surface area (TPSA) is 42.0 Å². The second-order valence-electron chi connectivity index (χ2n) is 9.36. The van der Waals surface area contributed by atoms with Crippen LogP contribution in [0.2, 0.25) is 5.02 Å². The molecule has 1 aromatic rings. The molecule has 1 amide bonds. The lowest BCUT2D eigenvalue weighted by atomic mass is 9.74. The molecule has 174 valence electrons. The molecular formula is C22H30ClF3N2O3. The van der Waals surface area contributed by atoms with E-state index < -0.39 is 18.4 Å². The number of hydrogen-bond donors (Lipinski definition) is 0. The normalized spacial score (nSPS) is 21.9. The Bertz CT molecular complexity index is 808. The number of piperidine rings is 1. The minimum absolute atomic E-state index is 0.0234. The van der Waals surface area contributed by atoms with E-state index in [9.17, 15) is 18.0 Å². The largest absolute Gasteiger partial charge is 0.496 e. The molecule has 2 saturated heterocycles. The van der Waals surface area contributed by atoms with Gasteiger partial charge in [0.1, 0.15) is 5.75 Å². The van der Waals surface area contributed by atoms with Crippen LogP contribution < -0.4 is 4.74 Å². The first-order valence-electron chi connectivity index (χ1n) is 10.4. The van der Waals surface area contributed by atoms with Crippen molar-refractivity contribution in [2.24, 2.45) is 5.41 Å². The lowest BCUT2D eigenvalue weighted by Gasteiger charge is -2.39. The molecule has 0 bridgehead atoms. The molecule has 2 fully saturated rings. The van der Waals surface area contributed by atoms with E-state index in [0.717, 1.165) is 44.0 Å². The van der Waals surface area contributed by atoms with Crippen LogP contribution in [0.1, 0.15) is 45.6 Å². The average molecular weight is 463 g/mol. The predicted molar refractivity (Wildman–Crippen MR) is 112 cm³/mol. The number of hydrogen-bond acceptors (Lipinski definition) is 4. The zero-order valence-corrected chi connectivity index (χ0v) is 19.1. The number of carbonyl (C=O) groups excluding carboxylic acids is 1. The Kier molecular flexibility index (Phi) is 6.73. The molecule has 0 saturated carbocycles. The molecule has 1 aromatic carbocycles. The second kappa shape index (κ2) is 8.70. The van der Waals surface area contributed by atoms with Gasteiger partial charge in [-0.05, 0) is 57.6 Å². The Labute approximate surface area is 186 Å². The molecule has 0 aromatic heterocycles. The molecule has 5 nitrogen and oxygen atoms in total. The van der Waals surface area contributed by atoms with Crippen molar-refractivity contribution in [3.63, 3.8) is 0 Å². The summed E-state index contributed by atoms with van der Waals surface area (Å²) >= 11 is 6.08. The first kappa shape index (κ1) is 24.0. The van der Waals surface area contributed by atoms with Crippen LogP contribution in [0, 0.1) is 5.41 Å². The van der Waals surface area contributed by atoms with Gasteiger partial charge in [-0.2, -0.15) is 13.2 Å². The SMILES string of the molecule is COc1cc(Cl)ccc1CN1CC2(CCN(C(=O)OC(C)C(F)(F)F)CC2)CC1(C)C. The van der Waals surface area contributed by atoms with Crippen LogP contribution in [0.5, 0.6) is 5.75 Å². The summed E-state index contributed by atoms with van der Waals surface area (Å²) in [6.45, 7) is 7.63. The van der Waals surface area contributed by atoms with Crippen molar-refractivity contribution in [1.82, 2.24) is 9.80 Å². The Morgan fingerprint density at radius 1 is 1.26 bits per heavy atom. The van der Waals surface area contributed by atoms with Gasteiger partial charge < -0.3 is 14.4 Å². The van der Waals surface area contributed by atoms with Crippen LogP contribution in [0.3, 0.4) is 0 Å². The van der Waals surface area contributed by atoms with Crippen molar-refractivity contribution in [2.45, 2.75) is 64.4 Å².